The predicted molar refractivity (Wildman–Crippen MR) is 182 cm³/mol. The number of carboxylic acids is 5. The largest absolute Gasteiger partial charge is 0.481 e. The van der Waals surface area contributed by atoms with Gasteiger partial charge in [-0.2, -0.15) is 0 Å². The fraction of sp³-hybridized carbons (Fsp3) is 0.677. The lowest BCUT2D eigenvalue weighted by atomic mass is 10.1. The molecule has 2 atom stereocenters. The van der Waals surface area contributed by atoms with Crippen molar-refractivity contribution >= 4 is 47.6 Å². The Labute approximate surface area is 300 Å². The molecule has 0 bridgehead atoms. The second-order valence-electron chi connectivity index (χ2n) is 12.2. The Morgan fingerprint density at radius 2 is 1.06 bits per heavy atom. The zero-order chi connectivity index (χ0) is 39.1. The van der Waals surface area contributed by atoms with Crippen LogP contribution in [0.1, 0.15) is 25.7 Å². The van der Waals surface area contributed by atoms with E-state index in [0.717, 1.165) is 0 Å². The zero-order valence-electron chi connectivity index (χ0n) is 29.2. The third-order valence-electron chi connectivity index (χ3n) is 7.88. The number of amides is 3. The lowest BCUT2D eigenvalue weighted by Gasteiger charge is -2.33. The number of nitrogens with one attached hydrogen (secondary N) is 4. The molecule has 1 rings (SSSR count). The van der Waals surface area contributed by atoms with Gasteiger partial charge in [0.05, 0.1) is 39.1 Å². The Balaban J connectivity index is 2.83. The molecule has 2 unspecified atom stereocenters. The Morgan fingerprint density at radius 3 is 1.46 bits per heavy atom. The van der Waals surface area contributed by atoms with Crippen LogP contribution in [0.4, 0.5) is 0 Å². The highest BCUT2D eigenvalue weighted by atomic mass is 16.4. The van der Waals surface area contributed by atoms with Gasteiger partial charge in [-0.05, 0) is 19.3 Å². The zero-order valence-corrected chi connectivity index (χ0v) is 29.2. The summed E-state index contributed by atoms with van der Waals surface area (Å²) in [5.41, 5.74) is 0. The molecule has 1 fully saturated rings. The monoisotopic (exact) mass is 744 g/mol. The van der Waals surface area contributed by atoms with Crippen molar-refractivity contribution in [2.75, 3.05) is 98.2 Å². The minimum atomic E-state index is -1.55. The number of aliphatic carboxylic acids is 5. The molecular formula is C31H52N8O13. The molecule has 0 aliphatic carbocycles. The summed E-state index contributed by atoms with van der Waals surface area (Å²) in [5, 5.41) is 56.7. The summed E-state index contributed by atoms with van der Waals surface area (Å²) in [5.74, 6) is -8.00. The van der Waals surface area contributed by atoms with Gasteiger partial charge < -0.3 is 46.8 Å². The molecule has 9 N–H and O–H groups in total. The number of unbranched alkanes of at least 4 members (excludes halogenated alkanes) is 1. The maximum atomic E-state index is 13.1. The molecule has 0 aromatic rings. The van der Waals surface area contributed by atoms with E-state index < -0.39 is 72.6 Å². The van der Waals surface area contributed by atoms with Crippen molar-refractivity contribution in [1.82, 2.24) is 40.9 Å². The summed E-state index contributed by atoms with van der Waals surface area (Å²) in [6.45, 7) is 3.37. The van der Waals surface area contributed by atoms with Crippen LogP contribution in [-0.4, -0.2) is 203 Å². The van der Waals surface area contributed by atoms with Gasteiger partial charge >= 0.3 is 29.8 Å². The van der Waals surface area contributed by atoms with E-state index in [-0.39, 0.29) is 85.1 Å². The number of rotatable bonds is 23. The molecule has 21 nitrogen and oxygen atoms in total. The van der Waals surface area contributed by atoms with Gasteiger partial charge in [-0.25, -0.2) is 0 Å². The fourth-order valence-electron chi connectivity index (χ4n) is 5.20. The van der Waals surface area contributed by atoms with E-state index in [1.165, 1.54) is 6.08 Å². The highest BCUT2D eigenvalue weighted by Crippen LogP contribution is 2.03. The third-order valence-corrected chi connectivity index (χ3v) is 7.88. The van der Waals surface area contributed by atoms with Crippen molar-refractivity contribution < 1.29 is 63.9 Å². The van der Waals surface area contributed by atoms with E-state index in [4.69, 9.17) is 0 Å². The van der Waals surface area contributed by atoms with E-state index in [1.54, 1.807) is 19.6 Å². The quantitative estimate of drug-likeness (QED) is 0.0356. The second kappa shape index (κ2) is 25.3. The van der Waals surface area contributed by atoms with E-state index in [0.29, 0.717) is 25.8 Å². The first-order chi connectivity index (χ1) is 24.6. The number of carbonyl (C=O) groups is 8. The van der Waals surface area contributed by atoms with Crippen LogP contribution in [0.5, 0.6) is 0 Å². The van der Waals surface area contributed by atoms with Crippen LogP contribution < -0.4 is 21.3 Å². The molecule has 52 heavy (non-hydrogen) atoms. The standard InChI is InChI=1S/C31H52N8O13/c1-2-6-32-22(31(51)52)5-3-4-7-33-24(40)17-34-30(50)23(16-26(42)43)35-25(41)18-36-8-10-37(19-27(44)45)12-14-39(21-29(48)49)15-13-38(11-9-36)20-28(46)47/h2,22-23,32H,1,3-21H2,(H,33,40)(H,34,50)(H,35,41)(H,42,43)(H,44,45)(H,46,47)(H,48,49)(H,51,52). The molecule has 1 heterocycles. The average molecular weight is 745 g/mol. The van der Waals surface area contributed by atoms with Crippen molar-refractivity contribution in [3.8, 4) is 0 Å². The highest BCUT2D eigenvalue weighted by Gasteiger charge is 2.26. The van der Waals surface area contributed by atoms with Crippen molar-refractivity contribution in [2.45, 2.75) is 37.8 Å². The van der Waals surface area contributed by atoms with E-state index in [9.17, 15) is 63.9 Å². The van der Waals surface area contributed by atoms with Crippen molar-refractivity contribution in [2.24, 2.45) is 0 Å². The first kappa shape index (κ1) is 45.3. The van der Waals surface area contributed by atoms with Crippen LogP contribution in [0.2, 0.25) is 0 Å². The Bertz CT molecular complexity index is 1210. The molecule has 3 amide bonds. The molecule has 1 saturated heterocycles. The minimum absolute atomic E-state index is 0.124. The summed E-state index contributed by atoms with van der Waals surface area (Å²) < 4.78 is 0. The van der Waals surface area contributed by atoms with E-state index in [1.807, 2.05) is 0 Å². The minimum Gasteiger partial charge on any atom is -0.481 e. The van der Waals surface area contributed by atoms with E-state index in [2.05, 4.69) is 27.8 Å². The van der Waals surface area contributed by atoms with Gasteiger partial charge in [0.1, 0.15) is 12.1 Å². The molecule has 0 aromatic heterocycles. The Hall–Kier alpha value is -4.70. The van der Waals surface area contributed by atoms with Gasteiger partial charge in [0.2, 0.25) is 17.7 Å². The lowest BCUT2D eigenvalue weighted by Crippen LogP contribution is -2.53. The van der Waals surface area contributed by atoms with Gasteiger partial charge in [-0.15, -0.1) is 6.58 Å². The van der Waals surface area contributed by atoms with Crippen LogP contribution in [0, 0.1) is 0 Å². The SMILES string of the molecule is C=CCNC(CCCCNC(=O)CNC(=O)C(CC(=O)O)NC(=O)CN1CCN(CC(=O)O)CCN(CC(=O)O)CCN(CC(=O)O)CC1)C(=O)O. The Kier molecular flexibility index (Phi) is 22.0. The Morgan fingerprint density at radius 1 is 0.596 bits per heavy atom. The predicted octanol–water partition coefficient (Wildman–Crippen LogP) is -3.95. The summed E-state index contributed by atoms with van der Waals surface area (Å²) >= 11 is 0. The van der Waals surface area contributed by atoms with Gasteiger partial charge in [0.15, 0.2) is 0 Å². The van der Waals surface area contributed by atoms with Gasteiger partial charge in [-0.1, -0.05) is 6.08 Å². The summed E-state index contributed by atoms with van der Waals surface area (Å²) in [6.07, 6.45) is 2.00. The second-order valence-corrected chi connectivity index (χ2v) is 12.2. The van der Waals surface area contributed by atoms with Crippen molar-refractivity contribution in [3.05, 3.63) is 12.7 Å². The number of hydrogen-bond acceptors (Lipinski definition) is 13. The molecule has 0 aromatic carbocycles. The number of carbonyl (C=O) groups excluding carboxylic acids is 3. The molecule has 1 aliphatic heterocycles. The fourth-order valence-corrected chi connectivity index (χ4v) is 5.20. The molecular weight excluding hydrogens is 692 g/mol. The van der Waals surface area contributed by atoms with Gasteiger partial charge in [-0.3, -0.25) is 58.0 Å². The normalized spacial score (nSPS) is 16.6. The first-order valence-electron chi connectivity index (χ1n) is 16.8. The number of hydrogen-bond donors (Lipinski definition) is 9. The topological polar surface area (TPSA) is 299 Å². The van der Waals surface area contributed by atoms with Gasteiger partial charge in [0.25, 0.3) is 0 Å². The summed E-state index contributed by atoms with van der Waals surface area (Å²) in [6, 6.07) is -2.31. The van der Waals surface area contributed by atoms with Gasteiger partial charge in [0, 0.05) is 65.4 Å². The van der Waals surface area contributed by atoms with Crippen LogP contribution in [-0.2, 0) is 38.4 Å². The molecule has 0 saturated carbocycles. The van der Waals surface area contributed by atoms with Crippen LogP contribution in [0.3, 0.4) is 0 Å². The maximum Gasteiger partial charge on any atom is 0.320 e. The van der Waals surface area contributed by atoms with Crippen LogP contribution in [0.15, 0.2) is 12.7 Å². The first-order valence-corrected chi connectivity index (χ1v) is 16.8. The average Bonchev–Trinajstić information content (AvgIpc) is 3.04. The molecule has 0 spiro atoms. The molecule has 1 aliphatic rings. The summed E-state index contributed by atoms with van der Waals surface area (Å²) in [7, 11) is 0. The molecule has 21 heteroatoms. The number of nitrogens with zero attached hydrogens (tertiary/aromatic N) is 4. The summed E-state index contributed by atoms with van der Waals surface area (Å²) in [4.78, 5) is 102. The molecule has 0 radical (unpaired) electrons. The number of carboxylic acid groups (broad SMARTS) is 5. The van der Waals surface area contributed by atoms with Crippen molar-refractivity contribution in [3.63, 3.8) is 0 Å². The smallest absolute Gasteiger partial charge is 0.320 e. The van der Waals surface area contributed by atoms with Crippen molar-refractivity contribution in [1.29, 1.82) is 0 Å². The van der Waals surface area contributed by atoms with Crippen LogP contribution in [0.25, 0.3) is 0 Å². The molecule has 294 valence electrons. The highest BCUT2D eigenvalue weighted by molar-refractivity contribution is 5.93. The maximum absolute atomic E-state index is 13.1. The lowest BCUT2D eigenvalue weighted by molar-refractivity contribution is -0.141. The van der Waals surface area contributed by atoms with Crippen LogP contribution >= 0.6 is 0 Å². The third kappa shape index (κ3) is 21.5. The van der Waals surface area contributed by atoms with E-state index >= 15 is 0 Å².